The van der Waals surface area contributed by atoms with E-state index in [-0.39, 0.29) is 18.4 Å². The van der Waals surface area contributed by atoms with E-state index >= 15 is 0 Å². The molecule has 0 atom stereocenters. The Labute approximate surface area is 169 Å². The number of benzene rings is 3. The van der Waals surface area contributed by atoms with Crippen molar-refractivity contribution < 1.29 is 14.3 Å². The number of carbonyl (C=O) groups is 2. The monoisotopic (exact) mass is 387 g/mol. The summed E-state index contributed by atoms with van der Waals surface area (Å²) in [5, 5.41) is 6.74. The summed E-state index contributed by atoms with van der Waals surface area (Å²) in [5.74, 6) is 0.0566. The van der Waals surface area contributed by atoms with Gasteiger partial charge in [-0.1, -0.05) is 30.3 Å². The van der Waals surface area contributed by atoms with Crippen LogP contribution in [0.1, 0.15) is 21.5 Å². The molecule has 2 amide bonds. The Balaban J connectivity index is 1.46. The van der Waals surface area contributed by atoms with Crippen molar-refractivity contribution in [2.45, 2.75) is 6.92 Å². The average Bonchev–Trinajstić information content (AvgIpc) is 2.74. The first-order valence-electron chi connectivity index (χ1n) is 9.08. The minimum atomic E-state index is -0.276. The molecule has 0 aliphatic rings. The molecule has 0 unspecified atom stereocenters. The maximum absolute atomic E-state index is 12.0. The zero-order valence-electron chi connectivity index (χ0n) is 16.0. The summed E-state index contributed by atoms with van der Waals surface area (Å²) in [6.07, 6.45) is 1.54. The first-order chi connectivity index (χ1) is 14.1. The van der Waals surface area contributed by atoms with E-state index in [9.17, 15) is 9.59 Å². The Morgan fingerprint density at radius 3 is 2.45 bits per heavy atom. The molecule has 0 heterocycles. The molecular formula is C23H21N3O3. The van der Waals surface area contributed by atoms with Gasteiger partial charge >= 0.3 is 0 Å². The summed E-state index contributed by atoms with van der Waals surface area (Å²) in [6, 6.07) is 23.5. The van der Waals surface area contributed by atoms with Gasteiger partial charge in [-0.2, -0.15) is 5.10 Å². The molecule has 29 heavy (non-hydrogen) atoms. The highest BCUT2D eigenvalue weighted by Crippen LogP contribution is 2.12. The number of aryl methyl sites for hydroxylation is 1. The molecule has 3 aromatic rings. The van der Waals surface area contributed by atoms with Crippen molar-refractivity contribution in [2.75, 3.05) is 11.9 Å². The van der Waals surface area contributed by atoms with Gasteiger partial charge in [0.05, 0.1) is 6.21 Å². The summed E-state index contributed by atoms with van der Waals surface area (Å²) in [5.41, 5.74) is 5.61. The van der Waals surface area contributed by atoms with Gasteiger partial charge in [0.25, 0.3) is 11.8 Å². The van der Waals surface area contributed by atoms with Crippen LogP contribution >= 0.6 is 0 Å². The van der Waals surface area contributed by atoms with Crippen molar-refractivity contribution in [3.63, 3.8) is 0 Å². The summed E-state index contributed by atoms with van der Waals surface area (Å²) >= 11 is 0. The van der Waals surface area contributed by atoms with E-state index in [1.165, 1.54) is 6.21 Å². The second-order valence-electron chi connectivity index (χ2n) is 6.34. The Morgan fingerprint density at radius 2 is 1.72 bits per heavy atom. The van der Waals surface area contributed by atoms with Gasteiger partial charge in [0.1, 0.15) is 5.75 Å². The van der Waals surface area contributed by atoms with E-state index in [0.717, 1.165) is 16.8 Å². The first kappa shape index (κ1) is 19.8. The Morgan fingerprint density at radius 1 is 0.966 bits per heavy atom. The Bertz CT molecular complexity index is 999. The SMILES string of the molecule is Cc1cccc(NC(=O)COc2ccc(/C=N\NC(=O)c3ccccc3)cc2)c1. The lowest BCUT2D eigenvalue weighted by Crippen LogP contribution is -2.20. The molecule has 0 aromatic heterocycles. The smallest absolute Gasteiger partial charge is 0.271 e. The average molecular weight is 387 g/mol. The third-order valence-electron chi connectivity index (χ3n) is 3.97. The molecule has 0 spiro atoms. The third kappa shape index (κ3) is 6.32. The van der Waals surface area contributed by atoms with Gasteiger partial charge < -0.3 is 10.1 Å². The van der Waals surface area contributed by atoms with Crippen LogP contribution in [0.25, 0.3) is 0 Å². The minimum absolute atomic E-state index is 0.0888. The van der Waals surface area contributed by atoms with Crippen molar-refractivity contribution in [3.8, 4) is 5.75 Å². The Kier molecular flexibility index (Phi) is 6.73. The third-order valence-corrected chi connectivity index (χ3v) is 3.97. The van der Waals surface area contributed by atoms with Crippen LogP contribution in [0.4, 0.5) is 5.69 Å². The molecule has 6 heteroatoms. The summed E-state index contributed by atoms with van der Waals surface area (Å²) in [4.78, 5) is 23.9. The molecule has 3 rings (SSSR count). The molecule has 3 aromatic carbocycles. The maximum atomic E-state index is 12.0. The number of nitrogens with one attached hydrogen (secondary N) is 2. The van der Waals surface area contributed by atoms with E-state index in [1.807, 2.05) is 37.3 Å². The molecule has 0 fully saturated rings. The highest BCUT2D eigenvalue weighted by atomic mass is 16.5. The van der Waals surface area contributed by atoms with Gasteiger partial charge in [0, 0.05) is 11.3 Å². The topological polar surface area (TPSA) is 79.8 Å². The number of carbonyl (C=O) groups excluding carboxylic acids is 2. The second-order valence-corrected chi connectivity index (χ2v) is 6.34. The standard InChI is InChI=1S/C23H21N3O3/c1-17-6-5-9-20(14-17)25-22(27)16-29-21-12-10-18(11-13-21)15-24-26-23(28)19-7-3-2-4-8-19/h2-15H,16H2,1H3,(H,25,27)(H,26,28)/b24-15-. The number of ether oxygens (including phenoxy) is 1. The molecule has 0 saturated carbocycles. The molecule has 0 radical (unpaired) electrons. The van der Waals surface area contributed by atoms with Crippen LogP contribution in [0.5, 0.6) is 5.75 Å². The summed E-state index contributed by atoms with van der Waals surface area (Å²) in [6.45, 7) is 1.87. The number of rotatable bonds is 7. The number of amides is 2. The molecule has 0 saturated heterocycles. The van der Waals surface area contributed by atoms with E-state index in [1.54, 1.807) is 48.5 Å². The minimum Gasteiger partial charge on any atom is -0.484 e. The van der Waals surface area contributed by atoms with Crippen LogP contribution in [0, 0.1) is 6.92 Å². The van der Waals surface area contributed by atoms with Crippen molar-refractivity contribution >= 4 is 23.7 Å². The van der Waals surface area contributed by atoms with Gasteiger partial charge in [-0.05, 0) is 66.6 Å². The fraction of sp³-hybridized carbons (Fsp3) is 0.0870. The van der Waals surface area contributed by atoms with E-state index in [2.05, 4.69) is 15.8 Å². The molecule has 6 nitrogen and oxygen atoms in total. The lowest BCUT2D eigenvalue weighted by molar-refractivity contribution is -0.118. The Hall–Kier alpha value is -3.93. The van der Waals surface area contributed by atoms with Crippen molar-refractivity contribution in [2.24, 2.45) is 5.10 Å². The van der Waals surface area contributed by atoms with Crippen molar-refractivity contribution in [3.05, 3.63) is 95.6 Å². The van der Waals surface area contributed by atoms with Crippen molar-refractivity contribution in [1.29, 1.82) is 0 Å². The van der Waals surface area contributed by atoms with E-state index in [4.69, 9.17) is 4.74 Å². The molecular weight excluding hydrogens is 366 g/mol. The lowest BCUT2D eigenvalue weighted by atomic mass is 10.2. The molecule has 146 valence electrons. The van der Waals surface area contributed by atoms with Crippen LogP contribution in [0.2, 0.25) is 0 Å². The van der Waals surface area contributed by atoms with E-state index in [0.29, 0.717) is 11.3 Å². The van der Waals surface area contributed by atoms with Crippen LogP contribution in [0.15, 0.2) is 84.0 Å². The van der Waals surface area contributed by atoms with Crippen LogP contribution in [-0.2, 0) is 4.79 Å². The highest BCUT2D eigenvalue weighted by Gasteiger charge is 2.04. The normalized spacial score (nSPS) is 10.5. The molecule has 0 bridgehead atoms. The van der Waals surface area contributed by atoms with Gasteiger partial charge in [-0.15, -0.1) is 0 Å². The van der Waals surface area contributed by atoms with Crippen molar-refractivity contribution in [1.82, 2.24) is 5.43 Å². The van der Waals surface area contributed by atoms with Gasteiger partial charge in [-0.25, -0.2) is 5.43 Å². The van der Waals surface area contributed by atoms with Gasteiger partial charge in [-0.3, -0.25) is 9.59 Å². The van der Waals surface area contributed by atoms with Crippen LogP contribution in [0.3, 0.4) is 0 Å². The quantitative estimate of drug-likeness (QED) is 0.478. The predicted molar refractivity (Wildman–Crippen MR) is 113 cm³/mol. The summed E-state index contributed by atoms with van der Waals surface area (Å²) < 4.78 is 5.50. The fourth-order valence-electron chi connectivity index (χ4n) is 2.54. The van der Waals surface area contributed by atoms with Crippen LogP contribution < -0.4 is 15.5 Å². The molecule has 0 aliphatic heterocycles. The number of hydrogen-bond donors (Lipinski definition) is 2. The van der Waals surface area contributed by atoms with E-state index < -0.39 is 0 Å². The zero-order valence-corrected chi connectivity index (χ0v) is 16.0. The maximum Gasteiger partial charge on any atom is 0.271 e. The predicted octanol–water partition coefficient (Wildman–Crippen LogP) is 3.78. The van der Waals surface area contributed by atoms with Gasteiger partial charge in [0.2, 0.25) is 0 Å². The number of hydrogen-bond acceptors (Lipinski definition) is 4. The van der Waals surface area contributed by atoms with Crippen LogP contribution in [-0.4, -0.2) is 24.6 Å². The molecule has 2 N–H and O–H groups in total. The number of nitrogens with zero attached hydrogens (tertiary/aromatic N) is 1. The second kappa shape index (κ2) is 9.85. The fourth-order valence-corrected chi connectivity index (χ4v) is 2.54. The highest BCUT2D eigenvalue weighted by molar-refractivity contribution is 5.94. The zero-order chi connectivity index (χ0) is 20.5. The first-order valence-corrected chi connectivity index (χ1v) is 9.08. The lowest BCUT2D eigenvalue weighted by Gasteiger charge is -2.08. The molecule has 0 aliphatic carbocycles. The summed E-state index contributed by atoms with van der Waals surface area (Å²) in [7, 11) is 0. The number of anilines is 1. The van der Waals surface area contributed by atoms with Gasteiger partial charge in [0.15, 0.2) is 6.61 Å². The largest absolute Gasteiger partial charge is 0.484 e. The number of hydrazone groups is 1.